The summed E-state index contributed by atoms with van der Waals surface area (Å²) < 4.78 is 51.9. The molecule has 0 unspecified atom stereocenters. The van der Waals surface area contributed by atoms with Gasteiger partial charge >= 0.3 is 12.1 Å². The maximum absolute atomic E-state index is 13.4. The number of rotatable bonds is 1. The zero-order valence-electron chi connectivity index (χ0n) is 15.9. The molecule has 8 heteroatoms. The lowest BCUT2D eigenvalue weighted by atomic mass is 9.70. The van der Waals surface area contributed by atoms with Crippen LogP contribution in [-0.2, 0) is 10.2 Å². The van der Waals surface area contributed by atoms with Crippen molar-refractivity contribution in [2.75, 3.05) is 25.6 Å². The van der Waals surface area contributed by atoms with Crippen LogP contribution >= 0.6 is 0 Å². The molecular weight excluding hydrogens is 385 g/mol. The Morgan fingerprint density at radius 3 is 2.72 bits per heavy atom. The number of benzene rings is 2. The van der Waals surface area contributed by atoms with Crippen LogP contribution in [0.1, 0.15) is 23.6 Å². The molecule has 0 radical (unpaired) electrons. The molecule has 29 heavy (non-hydrogen) atoms. The molecule has 152 valence electrons. The molecule has 0 saturated carbocycles. The molecule has 1 fully saturated rings. The van der Waals surface area contributed by atoms with E-state index in [2.05, 4.69) is 0 Å². The lowest BCUT2D eigenvalue weighted by Gasteiger charge is -2.45. The van der Waals surface area contributed by atoms with Gasteiger partial charge in [0.05, 0.1) is 18.6 Å². The molecule has 3 aliphatic rings. The third-order valence-electron chi connectivity index (χ3n) is 6.40. The molecule has 1 spiro atoms. The summed E-state index contributed by atoms with van der Waals surface area (Å²) in [6.07, 6.45) is -5.07. The van der Waals surface area contributed by atoms with Crippen LogP contribution in [0.3, 0.4) is 0 Å². The Morgan fingerprint density at radius 1 is 1.24 bits per heavy atom. The Balaban J connectivity index is 1.76. The summed E-state index contributed by atoms with van der Waals surface area (Å²) in [5.74, 6) is -0.842. The van der Waals surface area contributed by atoms with Crippen LogP contribution in [0.15, 0.2) is 42.5 Å². The summed E-state index contributed by atoms with van der Waals surface area (Å²) in [4.78, 5) is 15.3. The van der Waals surface area contributed by atoms with Crippen LogP contribution in [0.5, 0.6) is 11.5 Å². The van der Waals surface area contributed by atoms with Crippen LogP contribution in [0, 0.1) is 0 Å². The number of hydrogen-bond acceptors (Lipinski definition) is 4. The summed E-state index contributed by atoms with van der Waals surface area (Å²) >= 11 is 0. The summed E-state index contributed by atoms with van der Waals surface area (Å²) in [5, 5.41) is 0. The summed E-state index contributed by atoms with van der Waals surface area (Å²) in [7, 11) is 3.37. The van der Waals surface area contributed by atoms with Gasteiger partial charge in [-0.15, -0.1) is 0 Å². The van der Waals surface area contributed by atoms with Crippen molar-refractivity contribution >= 4 is 11.6 Å². The molecule has 0 aliphatic carbocycles. The summed E-state index contributed by atoms with van der Waals surface area (Å²) in [6, 6.07) is 11.9. The number of carbonyl (C=O) groups excluding carboxylic acids is 1. The number of methoxy groups -OCH3 is 1. The third-order valence-corrected chi connectivity index (χ3v) is 6.40. The molecule has 0 aromatic heterocycles. The fourth-order valence-corrected chi connectivity index (χ4v) is 5.28. The Kier molecular flexibility index (Phi) is 3.63. The van der Waals surface area contributed by atoms with Crippen molar-refractivity contribution in [1.82, 2.24) is 4.90 Å². The summed E-state index contributed by atoms with van der Waals surface area (Å²) in [6.45, 7) is 0.00168. The van der Waals surface area contributed by atoms with Gasteiger partial charge in [0.2, 0.25) is 0 Å². The van der Waals surface area contributed by atoms with E-state index in [1.807, 2.05) is 36.2 Å². The van der Waals surface area contributed by atoms with Crippen molar-refractivity contribution < 1.29 is 27.4 Å². The van der Waals surface area contributed by atoms with Gasteiger partial charge in [0, 0.05) is 24.8 Å². The fourth-order valence-electron chi connectivity index (χ4n) is 5.28. The second-order valence-corrected chi connectivity index (χ2v) is 7.69. The van der Waals surface area contributed by atoms with E-state index in [4.69, 9.17) is 9.47 Å². The van der Waals surface area contributed by atoms with Gasteiger partial charge in [0.1, 0.15) is 11.5 Å². The van der Waals surface area contributed by atoms with E-state index < -0.39 is 29.8 Å². The minimum Gasteiger partial charge on any atom is -0.497 e. The topological polar surface area (TPSA) is 42.0 Å². The smallest absolute Gasteiger partial charge is 0.471 e. The number of nitrogens with zero attached hydrogens (tertiary/aromatic N) is 2. The Morgan fingerprint density at radius 2 is 2.00 bits per heavy atom. The van der Waals surface area contributed by atoms with E-state index in [1.54, 1.807) is 18.2 Å². The molecule has 3 aliphatic heterocycles. The van der Waals surface area contributed by atoms with Gasteiger partial charge < -0.3 is 19.3 Å². The zero-order chi connectivity index (χ0) is 20.6. The maximum Gasteiger partial charge on any atom is 0.471 e. The van der Waals surface area contributed by atoms with E-state index in [9.17, 15) is 18.0 Å². The molecule has 0 N–H and O–H groups in total. The molecule has 2 aromatic carbocycles. The second kappa shape index (κ2) is 5.81. The number of likely N-dealkylation sites (N-methyl/N-ethyl adjacent to an activating group) is 1. The Hall–Kier alpha value is -2.90. The van der Waals surface area contributed by atoms with Gasteiger partial charge in [-0.1, -0.05) is 18.2 Å². The average Bonchev–Trinajstić information content (AvgIpc) is 3.22. The summed E-state index contributed by atoms with van der Waals surface area (Å²) in [5.41, 5.74) is 1.57. The number of ether oxygens (including phenoxy) is 2. The highest BCUT2D eigenvalue weighted by Crippen LogP contribution is 2.63. The fraction of sp³-hybridized carbons (Fsp3) is 0.381. The molecule has 5 rings (SSSR count). The average molecular weight is 404 g/mol. The molecule has 5 nitrogen and oxygen atoms in total. The molecule has 1 saturated heterocycles. The number of likely N-dealkylation sites (tertiary alicyclic amines) is 1. The number of halogens is 3. The quantitative estimate of drug-likeness (QED) is 0.728. The predicted molar refractivity (Wildman–Crippen MR) is 99.1 cm³/mol. The first-order chi connectivity index (χ1) is 13.8. The standard InChI is InChI=1S/C21H19F3N2O3/c1-25-15-6-4-3-5-14(15)20-9-10-26(18(27)21(22,23)24)17(20)13-11-12(28-2)7-8-16(13)29-19(20)25/h3-8,11,17,19H,9-10H2,1-2H3/t17-,19-,20+/m0/s1. The van der Waals surface area contributed by atoms with Gasteiger partial charge in [0.15, 0.2) is 6.23 Å². The van der Waals surface area contributed by atoms with E-state index >= 15 is 0 Å². The predicted octanol–water partition coefficient (Wildman–Crippen LogP) is 3.64. The largest absolute Gasteiger partial charge is 0.497 e. The molecule has 3 heterocycles. The zero-order valence-corrected chi connectivity index (χ0v) is 15.9. The van der Waals surface area contributed by atoms with Crippen LogP contribution in [0.2, 0.25) is 0 Å². The number of carbonyl (C=O) groups is 1. The van der Waals surface area contributed by atoms with Crippen LogP contribution in [-0.4, -0.2) is 43.9 Å². The van der Waals surface area contributed by atoms with Gasteiger partial charge in [-0.05, 0) is 36.2 Å². The molecule has 1 amide bonds. The highest BCUT2D eigenvalue weighted by Gasteiger charge is 2.66. The van der Waals surface area contributed by atoms with E-state index in [1.165, 1.54) is 7.11 Å². The third kappa shape index (κ3) is 2.25. The number of fused-ring (bicyclic) bond motifs is 3. The van der Waals surface area contributed by atoms with Crippen molar-refractivity contribution in [1.29, 1.82) is 0 Å². The molecular formula is C21H19F3N2O3. The second-order valence-electron chi connectivity index (χ2n) is 7.69. The van der Waals surface area contributed by atoms with Crippen molar-refractivity contribution in [3.63, 3.8) is 0 Å². The van der Waals surface area contributed by atoms with E-state index in [0.717, 1.165) is 16.2 Å². The van der Waals surface area contributed by atoms with Crippen LogP contribution < -0.4 is 14.4 Å². The molecule has 3 atom stereocenters. The van der Waals surface area contributed by atoms with Gasteiger partial charge in [0.25, 0.3) is 0 Å². The SMILES string of the molecule is COc1ccc2c(c1)[C@@H]1N(C(=O)C(F)(F)F)CC[C@@]13c1ccccc1N(C)[C@H]3O2. The number of hydrogen-bond donors (Lipinski definition) is 0. The van der Waals surface area contributed by atoms with E-state index in [-0.39, 0.29) is 6.54 Å². The first-order valence-corrected chi connectivity index (χ1v) is 9.34. The number of para-hydroxylation sites is 1. The monoisotopic (exact) mass is 404 g/mol. The van der Waals surface area contributed by atoms with Crippen LogP contribution in [0.4, 0.5) is 18.9 Å². The van der Waals surface area contributed by atoms with Crippen molar-refractivity contribution in [3.05, 3.63) is 53.6 Å². The Bertz CT molecular complexity index is 1010. The highest BCUT2D eigenvalue weighted by molar-refractivity contribution is 5.84. The van der Waals surface area contributed by atoms with Gasteiger partial charge in [-0.2, -0.15) is 13.2 Å². The van der Waals surface area contributed by atoms with Crippen molar-refractivity contribution in [2.24, 2.45) is 0 Å². The maximum atomic E-state index is 13.4. The van der Waals surface area contributed by atoms with Gasteiger partial charge in [-0.3, -0.25) is 4.79 Å². The highest BCUT2D eigenvalue weighted by atomic mass is 19.4. The number of amides is 1. The number of anilines is 1. The minimum absolute atomic E-state index is 0.00168. The first kappa shape index (κ1) is 18.1. The molecule has 0 bridgehead atoms. The van der Waals surface area contributed by atoms with Crippen molar-refractivity contribution in [2.45, 2.75) is 30.3 Å². The van der Waals surface area contributed by atoms with Crippen LogP contribution in [0.25, 0.3) is 0 Å². The first-order valence-electron chi connectivity index (χ1n) is 9.34. The lowest BCUT2D eigenvalue weighted by molar-refractivity contribution is -0.187. The van der Waals surface area contributed by atoms with E-state index in [0.29, 0.717) is 23.5 Å². The molecule has 2 aromatic rings. The van der Waals surface area contributed by atoms with Crippen molar-refractivity contribution in [3.8, 4) is 11.5 Å². The number of alkyl halides is 3. The normalized spacial score (nSPS) is 26.9. The lowest BCUT2D eigenvalue weighted by Crippen LogP contribution is -2.54. The Labute approximate surface area is 165 Å². The minimum atomic E-state index is -4.94. The van der Waals surface area contributed by atoms with Gasteiger partial charge in [-0.25, -0.2) is 0 Å².